The van der Waals surface area contributed by atoms with Crippen molar-refractivity contribution in [1.82, 2.24) is 4.90 Å². The highest BCUT2D eigenvalue weighted by Gasteiger charge is 2.23. The van der Waals surface area contributed by atoms with Gasteiger partial charge in [-0.1, -0.05) is 23.2 Å². The second-order valence-corrected chi connectivity index (χ2v) is 9.87. The largest absolute Gasteiger partial charge is 0.367 e. The second-order valence-electron chi connectivity index (χ2n) is 6.94. The van der Waals surface area contributed by atoms with E-state index in [1.807, 2.05) is 9.80 Å². The van der Waals surface area contributed by atoms with Crippen molar-refractivity contribution in [3.8, 4) is 0 Å². The van der Waals surface area contributed by atoms with Crippen LogP contribution in [0.15, 0.2) is 41.3 Å². The molecule has 1 fully saturated rings. The van der Waals surface area contributed by atoms with Crippen LogP contribution in [0, 0.1) is 5.82 Å². The minimum Gasteiger partial charge on any atom is -0.367 e. The normalized spacial score (nSPS) is 15.5. The lowest BCUT2D eigenvalue weighted by Gasteiger charge is -2.36. The summed E-state index contributed by atoms with van der Waals surface area (Å²) in [7, 11) is -3.56. The molecule has 29 heavy (non-hydrogen) atoms. The Morgan fingerprint density at radius 2 is 1.76 bits per heavy atom. The smallest absolute Gasteiger partial charge is 0.181 e. The number of hydrogen-bond donors (Lipinski definition) is 0. The molecule has 3 rings (SSSR count). The lowest BCUT2D eigenvalue weighted by atomic mass is 10.1. The number of rotatable bonds is 6. The fraction of sp³-hybridized carbons (Fsp3) is 0.350. The highest BCUT2D eigenvalue weighted by atomic mass is 35.5. The molecule has 0 unspecified atom stereocenters. The predicted molar refractivity (Wildman–Crippen MR) is 114 cm³/mol. The minimum atomic E-state index is -3.56. The van der Waals surface area contributed by atoms with Crippen LogP contribution in [0.5, 0.6) is 0 Å². The molecule has 0 amide bonds. The molecule has 0 radical (unpaired) electrons. The summed E-state index contributed by atoms with van der Waals surface area (Å²) in [5.41, 5.74) is 0.794. The third-order valence-corrected chi connectivity index (χ3v) is 7.38. The third-order valence-electron chi connectivity index (χ3n) is 4.97. The highest BCUT2D eigenvalue weighted by molar-refractivity contribution is 7.91. The van der Waals surface area contributed by atoms with Gasteiger partial charge >= 0.3 is 0 Å². The maximum atomic E-state index is 14.3. The Balaban J connectivity index is 1.59. The fourth-order valence-electron chi connectivity index (χ4n) is 3.27. The first-order valence-corrected chi connectivity index (χ1v) is 11.5. The Morgan fingerprint density at radius 1 is 1.07 bits per heavy atom. The summed E-state index contributed by atoms with van der Waals surface area (Å²) in [5.74, 6) is -0.681. The maximum Gasteiger partial charge on any atom is 0.181 e. The van der Waals surface area contributed by atoms with E-state index >= 15 is 0 Å². The maximum absolute atomic E-state index is 14.3. The van der Waals surface area contributed by atoms with E-state index in [1.165, 1.54) is 25.1 Å². The van der Waals surface area contributed by atoms with E-state index < -0.39 is 15.7 Å². The molecule has 0 bridgehead atoms. The summed E-state index contributed by atoms with van der Waals surface area (Å²) in [6, 6.07) is 8.88. The molecule has 0 spiro atoms. The molecule has 0 aromatic heterocycles. The zero-order valence-corrected chi connectivity index (χ0v) is 18.2. The lowest BCUT2D eigenvalue weighted by Crippen LogP contribution is -2.47. The van der Waals surface area contributed by atoms with Crippen molar-refractivity contribution < 1.29 is 17.6 Å². The molecule has 156 valence electrons. The Bertz CT molecular complexity index is 1020. The standard InChI is InChI=1S/C20H21Cl2FN2O3S/c1-14(26)15-2-5-19(18(23)12-15)25-8-6-24(7-9-25)10-11-29(27,28)20-13-16(21)3-4-17(20)22/h2-5,12-13H,6-11H2,1H3. The molecule has 9 heteroatoms. The number of Topliss-reactive ketones (excluding diaryl/α,β-unsaturated/α-hetero) is 1. The van der Waals surface area contributed by atoms with E-state index in [-0.39, 0.29) is 21.5 Å². The summed E-state index contributed by atoms with van der Waals surface area (Å²) in [6.07, 6.45) is 0. The van der Waals surface area contributed by atoms with Crippen molar-refractivity contribution in [2.24, 2.45) is 0 Å². The van der Waals surface area contributed by atoms with Crippen LogP contribution in [0.2, 0.25) is 10.0 Å². The molecular formula is C20H21Cl2FN2O3S. The molecule has 0 atom stereocenters. The summed E-state index contributed by atoms with van der Waals surface area (Å²) < 4.78 is 39.6. The zero-order chi connectivity index (χ0) is 21.2. The number of carbonyl (C=O) groups excluding carboxylic acids is 1. The van der Waals surface area contributed by atoms with Crippen LogP contribution >= 0.6 is 23.2 Å². The van der Waals surface area contributed by atoms with Crippen molar-refractivity contribution in [2.45, 2.75) is 11.8 Å². The van der Waals surface area contributed by atoms with Crippen molar-refractivity contribution >= 4 is 44.5 Å². The van der Waals surface area contributed by atoms with Gasteiger partial charge in [0.25, 0.3) is 0 Å². The molecule has 1 heterocycles. The summed E-state index contributed by atoms with van der Waals surface area (Å²) >= 11 is 11.9. The summed E-state index contributed by atoms with van der Waals surface area (Å²) in [4.78, 5) is 15.3. The van der Waals surface area contributed by atoms with E-state index in [1.54, 1.807) is 18.2 Å². The highest BCUT2D eigenvalue weighted by Crippen LogP contribution is 2.26. The van der Waals surface area contributed by atoms with Crippen LogP contribution in [0.25, 0.3) is 0 Å². The first kappa shape index (κ1) is 22.0. The predicted octanol–water partition coefficient (Wildman–Crippen LogP) is 3.93. The zero-order valence-electron chi connectivity index (χ0n) is 15.9. The van der Waals surface area contributed by atoms with Gasteiger partial charge in [0, 0.05) is 43.3 Å². The molecule has 2 aromatic carbocycles. The SMILES string of the molecule is CC(=O)c1ccc(N2CCN(CCS(=O)(=O)c3cc(Cl)ccc3Cl)CC2)c(F)c1. The Kier molecular flexibility index (Phi) is 6.83. The number of piperazine rings is 1. The number of carbonyl (C=O) groups is 1. The van der Waals surface area contributed by atoms with Crippen LogP contribution in [-0.2, 0) is 9.84 Å². The van der Waals surface area contributed by atoms with Gasteiger partial charge in [0.2, 0.25) is 0 Å². The number of benzene rings is 2. The van der Waals surface area contributed by atoms with Crippen LogP contribution in [0.3, 0.4) is 0 Å². The minimum absolute atomic E-state index is 0.0398. The molecule has 0 N–H and O–H groups in total. The Labute approximate surface area is 179 Å². The second kappa shape index (κ2) is 9.00. The van der Waals surface area contributed by atoms with Gasteiger partial charge in [0.05, 0.1) is 21.4 Å². The lowest BCUT2D eigenvalue weighted by molar-refractivity contribution is 0.101. The van der Waals surface area contributed by atoms with E-state index in [0.29, 0.717) is 49.0 Å². The average molecular weight is 459 g/mol. The number of halogens is 3. The van der Waals surface area contributed by atoms with Crippen LogP contribution < -0.4 is 4.90 Å². The first-order valence-electron chi connectivity index (χ1n) is 9.13. The van der Waals surface area contributed by atoms with Gasteiger partial charge in [0.15, 0.2) is 15.6 Å². The van der Waals surface area contributed by atoms with Crippen molar-refractivity contribution in [3.63, 3.8) is 0 Å². The summed E-state index contributed by atoms with van der Waals surface area (Å²) in [6.45, 7) is 4.09. The monoisotopic (exact) mass is 458 g/mol. The molecule has 1 aliphatic heterocycles. The van der Waals surface area contributed by atoms with E-state index in [2.05, 4.69) is 0 Å². The van der Waals surface area contributed by atoms with Crippen LogP contribution in [-0.4, -0.2) is 57.6 Å². The number of nitrogens with zero attached hydrogens (tertiary/aromatic N) is 2. The van der Waals surface area contributed by atoms with Gasteiger partial charge in [-0.25, -0.2) is 12.8 Å². The molecule has 1 aliphatic rings. The third kappa shape index (κ3) is 5.28. The molecule has 0 saturated carbocycles. The van der Waals surface area contributed by atoms with Gasteiger partial charge < -0.3 is 4.90 Å². The molecule has 2 aromatic rings. The molecular weight excluding hydrogens is 438 g/mol. The van der Waals surface area contributed by atoms with E-state index in [4.69, 9.17) is 23.2 Å². The number of sulfone groups is 1. The first-order chi connectivity index (χ1) is 13.7. The molecule has 5 nitrogen and oxygen atoms in total. The quantitative estimate of drug-likeness (QED) is 0.613. The molecule has 1 saturated heterocycles. The Morgan fingerprint density at radius 3 is 2.38 bits per heavy atom. The van der Waals surface area contributed by atoms with Crippen molar-refractivity contribution in [2.75, 3.05) is 43.4 Å². The number of anilines is 1. The summed E-state index contributed by atoms with van der Waals surface area (Å²) in [5, 5.41) is 0.475. The number of ketones is 1. The van der Waals surface area contributed by atoms with Gasteiger partial charge in [0.1, 0.15) is 5.82 Å². The topological polar surface area (TPSA) is 57.7 Å². The van der Waals surface area contributed by atoms with Crippen molar-refractivity contribution in [3.05, 3.63) is 57.8 Å². The van der Waals surface area contributed by atoms with Gasteiger partial charge in [-0.2, -0.15) is 0 Å². The fourth-order valence-corrected chi connectivity index (χ4v) is 5.37. The van der Waals surface area contributed by atoms with Crippen molar-refractivity contribution in [1.29, 1.82) is 0 Å². The number of hydrogen-bond acceptors (Lipinski definition) is 5. The van der Waals surface area contributed by atoms with E-state index in [9.17, 15) is 17.6 Å². The van der Waals surface area contributed by atoms with Gasteiger partial charge in [-0.05, 0) is 43.3 Å². The van der Waals surface area contributed by atoms with Gasteiger partial charge in [-0.15, -0.1) is 0 Å². The van der Waals surface area contributed by atoms with Gasteiger partial charge in [-0.3, -0.25) is 9.69 Å². The Hall–Kier alpha value is -1.67. The average Bonchev–Trinajstić information content (AvgIpc) is 2.68. The van der Waals surface area contributed by atoms with Crippen LogP contribution in [0.1, 0.15) is 17.3 Å². The molecule has 0 aliphatic carbocycles. The van der Waals surface area contributed by atoms with Crippen LogP contribution in [0.4, 0.5) is 10.1 Å². The van der Waals surface area contributed by atoms with E-state index in [0.717, 1.165) is 0 Å².